The van der Waals surface area contributed by atoms with E-state index >= 15 is 0 Å². The van der Waals surface area contributed by atoms with Crippen molar-refractivity contribution < 1.29 is 13.9 Å². The van der Waals surface area contributed by atoms with Crippen LogP contribution in [0.15, 0.2) is 59.7 Å². The molecule has 2 aromatic heterocycles. The van der Waals surface area contributed by atoms with Gasteiger partial charge in [0, 0.05) is 6.54 Å². The highest BCUT2D eigenvalue weighted by molar-refractivity contribution is 5.94. The van der Waals surface area contributed by atoms with Crippen molar-refractivity contribution in [2.75, 3.05) is 19.8 Å². The topological polar surface area (TPSA) is 73.4 Å². The molecule has 1 aliphatic rings. The minimum Gasteiger partial charge on any atom is -0.472 e. The Kier molecular flexibility index (Phi) is 4.30. The minimum atomic E-state index is -0.298. The van der Waals surface area contributed by atoms with Gasteiger partial charge in [-0.3, -0.25) is 4.79 Å². The highest BCUT2D eigenvalue weighted by Gasteiger charge is 2.32. The van der Waals surface area contributed by atoms with Crippen LogP contribution in [0.3, 0.4) is 0 Å². The average molecular weight is 338 g/mol. The van der Waals surface area contributed by atoms with E-state index in [1.54, 1.807) is 22.0 Å². The van der Waals surface area contributed by atoms with Crippen molar-refractivity contribution in [1.29, 1.82) is 0 Å². The Morgan fingerprint density at radius 1 is 1.24 bits per heavy atom. The summed E-state index contributed by atoms with van der Waals surface area (Å²) in [6.45, 7) is 2.03. The molecule has 0 N–H and O–H groups in total. The summed E-state index contributed by atoms with van der Waals surface area (Å²) < 4.78 is 12.4. The second-order valence-corrected chi connectivity index (χ2v) is 5.89. The summed E-state index contributed by atoms with van der Waals surface area (Å²) in [4.78, 5) is 18.8. The number of hydrogen-bond acceptors (Lipinski definition) is 5. The van der Waals surface area contributed by atoms with Crippen molar-refractivity contribution in [2.24, 2.45) is 0 Å². The summed E-state index contributed by atoms with van der Waals surface area (Å²) in [5.74, 6) is 0.494. The van der Waals surface area contributed by atoms with E-state index in [0.717, 1.165) is 5.56 Å². The second-order valence-electron chi connectivity index (χ2n) is 5.89. The van der Waals surface area contributed by atoms with Crippen molar-refractivity contribution in [3.63, 3.8) is 0 Å². The third-order valence-corrected chi connectivity index (χ3v) is 4.20. The van der Waals surface area contributed by atoms with Crippen LogP contribution >= 0.6 is 0 Å². The molecule has 7 nitrogen and oxygen atoms in total. The molecule has 0 spiro atoms. The number of carbonyl (C=O) groups excluding carboxylic acids is 1. The van der Waals surface area contributed by atoms with Crippen LogP contribution in [0.5, 0.6) is 0 Å². The number of carbonyl (C=O) groups is 1. The van der Waals surface area contributed by atoms with Gasteiger partial charge in [-0.2, -0.15) is 5.10 Å². The second kappa shape index (κ2) is 6.90. The maximum absolute atomic E-state index is 12.7. The number of hydrogen-bond donors (Lipinski definition) is 0. The zero-order valence-corrected chi connectivity index (χ0v) is 13.6. The first-order chi connectivity index (χ1) is 12.3. The van der Waals surface area contributed by atoms with Crippen LogP contribution in [0.1, 0.15) is 27.8 Å². The van der Waals surface area contributed by atoms with Gasteiger partial charge in [0.25, 0.3) is 5.91 Å². The average Bonchev–Trinajstić information content (AvgIpc) is 3.34. The number of morpholine rings is 1. The number of ether oxygens (including phenoxy) is 1. The van der Waals surface area contributed by atoms with Crippen molar-refractivity contribution in [3.05, 3.63) is 72.2 Å². The Hall–Kier alpha value is -2.93. The highest BCUT2D eigenvalue weighted by atomic mass is 16.5. The van der Waals surface area contributed by atoms with Crippen LogP contribution in [-0.4, -0.2) is 45.3 Å². The first-order valence-electron chi connectivity index (χ1n) is 8.15. The molecular weight excluding hydrogens is 320 g/mol. The predicted octanol–water partition coefficient (Wildman–Crippen LogP) is 2.13. The lowest BCUT2D eigenvalue weighted by atomic mass is 10.2. The third kappa shape index (κ3) is 3.32. The fraction of sp³-hybridized carbons (Fsp3) is 0.278. The SMILES string of the molecule is O=C(c1ccoc1)N1CCOC[C@H]1c1ncn(Cc2ccccc2)n1. The quantitative estimate of drug-likeness (QED) is 0.729. The number of nitrogens with zero attached hydrogens (tertiary/aromatic N) is 4. The van der Waals surface area contributed by atoms with Crippen LogP contribution in [0.25, 0.3) is 0 Å². The van der Waals surface area contributed by atoms with E-state index in [1.165, 1.54) is 12.5 Å². The van der Waals surface area contributed by atoms with Crippen LogP contribution in [0, 0.1) is 0 Å². The molecule has 128 valence electrons. The van der Waals surface area contributed by atoms with Crippen molar-refractivity contribution >= 4 is 5.91 Å². The molecule has 0 unspecified atom stereocenters. The van der Waals surface area contributed by atoms with E-state index in [-0.39, 0.29) is 11.9 Å². The van der Waals surface area contributed by atoms with Crippen LogP contribution in [0.4, 0.5) is 0 Å². The zero-order chi connectivity index (χ0) is 17.1. The van der Waals surface area contributed by atoms with Gasteiger partial charge < -0.3 is 14.1 Å². The van der Waals surface area contributed by atoms with Gasteiger partial charge in [0.2, 0.25) is 0 Å². The van der Waals surface area contributed by atoms with Crippen LogP contribution < -0.4 is 0 Å². The molecule has 1 aromatic carbocycles. The first-order valence-corrected chi connectivity index (χ1v) is 8.15. The van der Waals surface area contributed by atoms with Crippen molar-refractivity contribution in [1.82, 2.24) is 19.7 Å². The maximum atomic E-state index is 12.7. The first kappa shape index (κ1) is 15.6. The van der Waals surface area contributed by atoms with Gasteiger partial charge in [0.1, 0.15) is 18.6 Å². The Bertz CT molecular complexity index is 829. The number of rotatable bonds is 4. The normalized spacial score (nSPS) is 17.6. The smallest absolute Gasteiger partial charge is 0.257 e. The fourth-order valence-electron chi connectivity index (χ4n) is 2.92. The Balaban J connectivity index is 1.54. The standard InChI is InChI=1S/C18H18N4O3/c23-18(15-6-8-24-11-15)22-7-9-25-12-16(22)17-19-13-21(20-17)10-14-4-2-1-3-5-14/h1-6,8,11,13,16H,7,9-10,12H2/t16-/m0/s1. The van der Waals surface area contributed by atoms with E-state index < -0.39 is 0 Å². The van der Waals surface area contributed by atoms with E-state index in [4.69, 9.17) is 9.15 Å². The lowest BCUT2D eigenvalue weighted by molar-refractivity contribution is -0.00527. The molecular formula is C18H18N4O3. The molecule has 3 heterocycles. The fourth-order valence-corrected chi connectivity index (χ4v) is 2.92. The summed E-state index contributed by atoms with van der Waals surface area (Å²) >= 11 is 0. The van der Waals surface area contributed by atoms with Crippen LogP contribution in [-0.2, 0) is 11.3 Å². The van der Waals surface area contributed by atoms with E-state index in [0.29, 0.717) is 37.7 Å². The number of furan rings is 1. The molecule has 1 atom stereocenters. The minimum absolute atomic E-state index is 0.0959. The molecule has 0 radical (unpaired) electrons. The number of aromatic nitrogens is 3. The Morgan fingerprint density at radius 2 is 2.12 bits per heavy atom. The molecule has 25 heavy (non-hydrogen) atoms. The van der Waals surface area contributed by atoms with Crippen molar-refractivity contribution in [2.45, 2.75) is 12.6 Å². The van der Waals surface area contributed by atoms with E-state index in [9.17, 15) is 4.79 Å². The summed E-state index contributed by atoms with van der Waals surface area (Å²) in [5, 5.41) is 4.55. The van der Waals surface area contributed by atoms with Crippen molar-refractivity contribution in [3.8, 4) is 0 Å². The molecule has 1 amide bonds. The molecule has 7 heteroatoms. The van der Waals surface area contributed by atoms with Gasteiger partial charge >= 0.3 is 0 Å². The van der Waals surface area contributed by atoms with Gasteiger partial charge in [-0.25, -0.2) is 9.67 Å². The molecule has 0 saturated carbocycles. The number of amides is 1. The predicted molar refractivity (Wildman–Crippen MR) is 88.9 cm³/mol. The molecule has 1 saturated heterocycles. The Labute approximate surface area is 144 Å². The molecule has 1 fully saturated rings. The van der Waals surface area contributed by atoms with Crippen LogP contribution in [0.2, 0.25) is 0 Å². The van der Waals surface area contributed by atoms with E-state index in [1.807, 2.05) is 30.3 Å². The largest absolute Gasteiger partial charge is 0.472 e. The zero-order valence-electron chi connectivity index (χ0n) is 13.6. The van der Waals surface area contributed by atoms with Gasteiger partial charge in [-0.15, -0.1) is 0 Å². The lowest BCUT2D eigenvalue weighted by Crippen LogP contribution is -2.43. The maximum Gasteiger partial charge on any atom is 0.257 e. The van der Waals surface area contributed by atoms with Gasteiger partial charge in [0.05, 0.1) is 31.6 Å². The Morgan fingerprint density at radius 3 is 2.92 bits per heavy atom. The molecule has 0 aliphatic carbocycles. The monoisotopic (exact) mass is 338 g/mol. The molecule has 1 aliphatic heterocycles. The molecule has 0 bridgehead atoms. The summed E-state index contributed by atoms with van der Waals surface area (Å²) in [5.41, 5.74) is 1.67. The molecule has 4 rings (SSSR count). The summed E-state index contributed by atoms with van der Waals surface area (Å²) in [7, 11) is 0. The number of benzene rings is 1. The summed E-state index contributed by atoms with van der Waals surface area (Å²) in [6, 6.07) is 11.4. The molecule has 3 aromatic rings. The highest BCUT2D eigenvalue weighted by Crippen LogP contribution is 2.23. The van der Waals surface area contributed by atoms with Gasteiger partial charge in [-0.05, 0) is 11.6 Å². The van der Waals surface area contributed by atoms with Gasteiger partial charge in [-0.1, -0.05) is 30.3 Å². The third-order valence-electron chi connectivity index (χ3n) is 4.20. The van der Waals surface area contributed by atoms with Gasteiger partial charge in [0.15, 0.2) is 5.82 Å². The lowest BCUT2D eigenvalue weighted by Gasteiger charge is -2.33. The summed E-state index contributed by atoms with van der Waals surface area (Å²) in [6.07, 6.45) is 4.64. The van der Waals surface area contributed by atoms with E-state index in [2.05, 4.69) is 10.1 Å².